The van der Waals surface area contributed by atoms with Gasteiger partial charge in [0.1, 0.15) is 11.6 Å². The Hall–Kier alpha value is -2.59. The van der Waals surface area contributed by atoms with Gasteiger partial charge in [-0.1, -0.05) is 6.07 Å². The van der Waals surface area contributed by atoms with Gasteiger partial charge in [-0.2, -0.15) is 0 Å². The molecule has 7 nitrogen and oxygen atoms in total. The fraction of sp³-hybridized carbons (Fsp3) is 0.125. The van der Waals surface area contributed by atoms with E-state index in [1.165, 1.54) is 0 Å². The van der Waals surface area contributed by atoms with E-state index in [0.29, 0.717) is 10.2 Å². The summed E-state index contributed by atoms with van der Waals surface area (Å²) in [4.78, 5) is 21.9. The van der Waals surface area contributed by atoms with Crippen molar-refractivity contribution >= 4 is 50.5 Å². The number of carbonyl (C=O) groups excluding carboxylic acids is 1. The first-order valence-corrected chi connectivity index (χ1v) is 8.40. The topological polar surface area (TPSA) is 93.5 Å². The number of amides is 1. The Morgan fingerprint density at radius 2 is 2.08 bits per heavy atom. The molecular formula is C16H13BrFN3O4S. The van der Waals surface area contributed by atoms with Crippen molar-refractivity contribution in [2.24, 2.45) is 0 Å². The van der Waals surface area contributed by atoms with Crippen LogP contribution in [0.25, 0.3) is 0 Å². The number of halogens is 2. The maximum atomic E-state index is 13.7. The summed E-state index contributed by atoms with van der Waals surface area (Å²) in [6, 6.07) is 8.31. The maximum Gasteiger partial charge on any atom is 0.271 e. The van der Waals surface area contributed by atoms with Crippen LogP contribution in [0.5, 0.6) is 5.75 Å². The number of thiocarbonyl (C=S) groups is 1. The third kappa shape index (κ3) is 5.46. The molecule has 2 aromatic rings. The van der Waals surface area contributed by atoms with Crippen molar-refractivity contribution in [1.29, 1.82) is 0 Å². The minimum atomic E-state index is -0.743. The van der Waals surface area contributed by atoms with Gasteiger partial charge < -0.3 is 10.1 Å². The van der Waals surface area contributed by atoms with Crippen molar-refractivity contribution in [3.05, 3.63) is 62.4 Å². The number of ether oxygens (including phenoxy) is 1. The molecule has 2 N–H and O–H groups in total. The van der Waals surface area contributed by atoms with E-state index >= 15 is 0 Å². The second-order valence-corrected chi connectivity index (χ2v) is 6.41. The van der Waals surface area contributed by atoms with E-state index < -0.39 is 16.6 Å². The van der Waals surface area contributed by atoms with Gasteiger partial charge in [0.25, 0.3) is 11.6 Å². The Bertz CT molecular complexity index is 879. The predicted octanol–water partition coefficient (Wildman–Crippen LogP) is 3.70. The highest BCUT2D eigenvalue weighted by Gasteiger charge is 2.13. The first kappa shape index (κ1) is 19.7. The van der Waals surface area contributed by atoms with E-state index in [1.807, 2.05) is 19.1 Å². The van der Waals surface area contributed by atoms with Crippen molar-refractivity contribution < 1.29 is 18.8 Å². The van der Waals surface area contributed by atoms with Crippen LogP contribution in [0, 0.1) is 22.9 Å². The number of anilines is 1. The standard InChI is InChI=1S/C16H13BrFN3O4S/c1-9-2-5-14(11(17)6-9)25-8-15(22)20-16(26)19-13-7-10(21(23)24)3-4-12(13)18/h2-7H,8H2,1H3,(H2,19,20,22,26). The van der Waals surface area contributed by atoms with Crippen molar-refractivity contribution in [2.45, 2.75) is 6.92 Å². The van der Waals surface area contributed by atoms with E-state index in [-0.39, 0.29) is 23.1 Å². The second kappa shape index (κ2) is 8.68. The molecule has 0 aliphatic rings. The minimum Gasteiger partial charge on any atom is -0.483 e. The number of benzene rings is 2. The van der Waals surface area contributed by atoms with Crippen LogP contribution in [0.4, 0.5) is 15.8 Å². The summed E-state index contributed by atoms with van der Waals surface area (Å²) in [6.07, 6.45) is 0. The minimum absolute atomic E-state index is 0.207. The highest BCUT2D eigenvalue weighted by atomic mass is 79.9. The van der Waals surface area contributed by atoms with Gasteiger partial charge in [0, 0.05) is 12.1 Å². The first-order valence-electron chi connectivity index (χ1n) is 7.20. The summed E-state index contributed by atoms with van der Waals surface area (Å²) in [6.45, 7) is 1.60. The van der Waals surface area contributed by atoms with E-state index in [4.69, 9.17) is 17.0 Å². The predicted molar refractivity (Wildman–Crippen MR) is 102 cm³/mol. The van der Waals surface area contributed by atoms with Crippen LogP contribution in [0.1, 0.15) is 5.56 Å². The fourth-order valence-corrected chi connectivity index (χ4v) is 2.74. The molecule has 0 saturated heterocycles. The molecule has 2 aromatic carbocycles. The molecule has 0 aromatic heterocycles. The zero-order chi connectivity index (χ0) is 19.3. The molecule has 0 atom stereocenters. The summed E-state index contributed by atoms with van der Waals surface area (Å²) >= 11 is 8.24. The van der Waals surface area contributed by atoms with Gasteiger partial charge in [0.05, 0.1) is 15.1 Å². The average Bonchev–Trinajstić information content (AvgIpc) is 2.55. The fourth-order valence-electron chi connectivity index (χ4n) is 1.91. The van der Waals surface area contributed by atoms with Gasteiger partial charge in [-0.25, -0.2) is 4.39 Å². The molecule has 0 radical (unpaired) electrons. The van der Waals surface area contributed by atoms with Gasteiger partial charge in [-0.3, -0.25) is 20.2 Å². The largest absolute Gasteiger partial charge is 0.483 e. The smallest absolute Gasteiger partial charge is 0.271 e. The number of hydrogen-bond acceptors (Lipinski definition) is 5. The molecule has 0 saturated carbocycles. The number of carbonyl (C=O) groups is 1. The quantitative estimate of drug-likeness (QED) is 0.417. The van der Waals surface area contributed by atoms with Crippen molar-refractivity contribution in [2.75, 3.05) is 11.9 Å². The zero-order valence-corrected chi connectivity index (χ0v) is 15.8. The van der Waals surface area contributed by atoms with Crippen LogP contribution < -0.4 is 15.4 Å². The van der Waals surface area contributed by atoms with E-state index in [0.717, 1.165) is 23.8 Å². The molecule has 26 heavy (non-hydrogen) atoms. The second-order valence-electron chi connectivity index (χ2n) is 5.15. The van der Waals surface area contributed by atoms with Crippen LogP contribution in [0.2, 0.25) is 0 Å². The molecule has 2 rings (SSSR count). The number of nitrogens with one attached hydrogen (secondary N) is 2. The van der Waals surface area contributed by atoms with Gasteiger partial charge in [0.2, 0.25) is 0 Å². The number of rotatable bonds is 5. The summed E-state index contributed by atoms with van der Waals surface area (Å²) < 4.78 is 19.8. The van der Waals surface area contributed by atoms with Gasteiger partial charge >= 0.3 is 0 Å². The lowest BCUT2D eigenvalue weighted by molar-refractivity contribution is -0.384. The number of nitro benzene ring substituents is 1. The summed E-state index contributed by atoms with van der Waals surface area (Å²) in [7, 11) is 0. The molecule has 10 heteroatoms. The number of aryl methyl sites for hydroxylation is 1. The molecule has 136 valence electrons. The number of non-ortho nitro benzene ring substituents is 1. The molecule has 0 aliphatic carbocycles. The Kier molecular flexibility index (Phi) is 6.58. The summed E-state index contributed by atoms with van der Waals surface area (Å²) in [5.74, 6) is -0.831. The Morgan fingerprint density at radius 1 is 1.35 bits per heavy atom. The zero-order valence-electron chi connectivity index (χ0n) is 13.4. The molecular weight excluding hydrogens is 429 g/mol. The Morgan fingerprint density at radius 3 is 2.73 bits per heavy atom. The van der Waals surface area contributed by atoms with Gasteiger partial charge in [0.15, 0.2) is 11.7 Å². The Balaban J connectivity index is 1.92. The highest BCUT2D eigenvalue weighted by Crippen LogP contribution is 2.25. The van der Waals surface area contributed by atoms with E-state index in [9.17, 15) is 19.3 Å². The molecule has 0 spiro atoms. The average molecular weight is 442 g/mol. The molecule has 0 unspecified atom stereocenters. The van der Waals surface area contributed by atoms with Crippen LogP contribution in [0.15, 0.2) is 40.9 Å². The number of nitrogens with zero attached hydrogens (tertiary/aromatic N) is 1. The SMILES string of the molecule is Cc1ccc(OCC(=O)NC(=S)Nc2cc([N+](=O)[O-])ccc2F)c(Br)c1. The lowest BCUT2D eigenvalue weighted by Crippen LogP contribution is -2.37. The molecule has 1 amide bonds. The van der Waals surface area contributed by atoms with Crippen molar-refractivity contribution in [1.82, 2.24) is 5.32 Å². The lowest BCUT2D eigenvalue weighted by Gasteiger charge is -2.11. The molecule has 0 aliphatic heterocycles. The summed E-state index contributed by atoms with van der Waals surface area (Å²) in [5.41, 5.74) is 0.500. The summed E-state index contributed by atoms with van der Waals surface area (Å²) in [5, 5.41) is 15.2. The third-order valence-electron chi connectivity index (χ3n) is 3.11. The maximum absolute atomic E-state index is 13.7. The number of nitro groups is 1. The van der Waals surface area contributed by atoms with Crippen LogP contribution >= 0.6 is 28.1 Å². The van der Waals surface area contributed by atoms with Crippen molar-refractivity contribution in [3.8, 4) is 5.75 Å². The molecule has 0 bridgehead atoms. The van der Waals surface area contributed by atoms with Crippen LogP contribution in [-0.2, 0) is 4.79 Å². The third-order valence-corrected chi connectivity index (χ3v) is 3.93. The van der Waals surface area contributed by atoms with Crippen LogP contribution in [0.3, 0.4) is 0 Å². The number of hydrogen-bond donors (Lipinski definition) is 2. The van der Waals surface area contributed by atoms with Gasteiger partial charge in [-0.15, -0.1) is 0 Å². The lowest BCUT2D eigenvalue weighted by atomic mass is 10.2. The Labute approximate surface area is 161 Å². The van der Waals surface area contributed by atoms with Crippen molar-refractivity contribution in [3.63, 3.8) is 0 Å². The first-order chi connectivity index (χ1) is 12.3. The highest BCUT2D eigenvalue weighted by molar-refractivity contribution is 9.10. The van der Waals surface area contributed by atoms with Crippen LogP contribution in [-0.4, -0.2) is 22.5 Å². The monoisotopic (exact) mass is 441 g/mol. The molecule has 0 heterocycles. The van der Waals surface area contributed by atoms with E-state index in [1.54, 1.807) is 6.07 Å². The molecule has 0 fully saturated rings. The van der Waals surface area contributed by atoms with E-state index in [2.05, 4.69) is 26.6 Å². The van der Waals surface area contributed by atoms with Gasteiger partial charge in [-0.05, 0) is 58.8 Å². The normalized spacial score (nSPS) is 10.1.